The summed E-state index contributed by atoms with van der Waals surface area (Å²) in [7, 11) is 0. The van der Waals surface area contributed by atoms with E-state index in [1.54, 1.807) is 0 Å². The van der Waals surface area contributed by atoms with Gasteiger partial charge in [0, 0.05) is 19.5 Å². The van der Waals surface area contributed by atoms with Gasteiger partial charge in [0.25, 0.3) is 5.91 Å². The van der Waals surface area contributed by atoms with E-state index in [0.717, 1.165) is 50.3 Å². The predicted octanol–water partition coefficient (Wildman–Crippen LogP) is 2.66. The molecule has 25 heavy (non-hydrogen) atoms. The van der Waals surface area contributed by atoms with Gasteiger partial charge in [-0.1, -0.05) is 19.1 Å². The molecule has 0 aliphatic carbocycles. The Balaban J connectivity index is 1.48. The number of aromatic nitrogens is 1. The number of carbonyl (C=O) groups is 1. The Bertz CT molecular complexity index is 702. The van der Waals surface area contributed by atoms with E-state index in [0.29, 0.717) is 18.5 Å². The molecule has 0 spiro atoms. The van der Waals surface area contributed by atoms with Gasteiger partial charge in [-0.05, 0) is 43.7 Å². The number of nitrogens with zero attached hydrogens (tertiary/aromatic N) is 2. The Kier molecular flexibility index (Phi) is 5.04. The molecule has 1 aromatic heterocycles. The Morgan fingerprint density at radius 3 is 2.84 bits per heavy atom. The van der Waals surface area contributed by atoms with E-state index < -0.39 is 0 Å². The second-order valence-corrected chi connectivity index (χ2v) is 8.78. The highest BCUT2D eigenvalue weighted by molar-refractivity contribution is 7.18. The van der Waals surface area contributed by atoms with Crippen molar-refractivity contribution in [2.24, 2.45) is 5.92 Å². The summed E-state index contributed by atoms with van der Waals surface area (Å²) < 4.78 is 1.26. The summed E-state index contributed by atoms with van der Waals surface area (Å²) in [5, 5.41) is 1.22. The van der Waals surface area contributed by atoms with Gasteiger partial charge in [-0.25, -0.2) is 4.98 Å². The fourth-order valence-electron chi connectivity index (χ4n) is 4.19. The van der Waals surface area contributed by atoms with E-state index in [9.17, 15) is 4.79 Å². The van der Waals surface area contributed by atoms with E-state index in [-0.39, 0.29) is 0 Å². The smallest absolute Gasteiger partial charge is 0.277 e. The molecule has 2 fully saturated rings. The van der Waals surface area contributed by atoms with E-state index in [2.05, 4.69) is 36.1 Å². The lowest BCUT2D eigenvalue weighted by atomic mass is 9.99. The molecule has 1 amide bonds. The molecule has 0 radical (unpaired) electrons. The number of nitrogens with one attached hydrogen (secondary N) is 1. The molecule has 0 bridgehead atoms. The Morgan fingerprint density at radius 1 is 1.24 bits per heavy atom. The molecular formula is C20H28N3OS+. The lowest BCUT2D eigenvalue weighted by Crippen LogP contribution is -3.14. The highest BCUT2D eigenvalue weighted by Gasteiger charge is 2.33. The monoisotopic (exact) mass is 358 g/mol. The maximum absolute atomic E-state index is 12.8. The van der Waals surface area contributed by atoms with Crippen LogP contribution in [0, 0.1) is 5.92 Å². The van der Waals surface area contributed by atoms with Gasteiger partial charge in [0.05, 0.1) is 16.8 Å². The van der Waals surface area contributed by atoms with Crippen molar-refractivity contribution in [3.05, 3.63) is 29.3 Å². The first-order valence-corrected chi connectivity index (χ1v) is 10.5. The van der Waals surface area contributed by atoms with Crippen LogP contribution in [-0.4, -0.2) is 42.0 Å². The van der Waals surface area contributed by atoms with Crippen molar-refractivity contribution in [3.8, 4) is 0 Å². The standard InChI is InChI=1S/C20H27N3OS/c1-15-9-12-22(13-10-15)19(24)14-23-11-5-4-7-17(23)20-21-16-6-2-3-8-18(16)25-20/h2-3,6,8,15,17H,4-5,7,9-14H2,1H3/p+1/t17-/m0/s1. The highest BCUT2D eigenvalue weighted by atomic mass is 32.1. The first-order valence-electron chi connectivity index (χ1n) is 9.68. The maximum atomic E-state index is 12.8. The van der Waals surface area contributed by atoms with Crippen molar-refractivity contribution in [1.82, 2.24) is 9.88 Å². The molecular weight excluding hydrogens is 330 g/mol. The molecule has 2 aliphatic heterocycles. The molecule has 0 saturated carbocycles. The molecule has 4 nitrogen and oxygen atoms in total. The first kappa shape index (κ1) is 17.0. The van der Waals surface area contributed by atoms with Crippen LogP contribution in [0.5, 0.6) is 0 Å². The molecule has 1 unspecified atom stereocenters. The predicted molar refractivity (Wildman–Crippen MR) is 102 cm³/mol. The summed E-state index contributed by atoms with van der Waals surface area (Å²) in [6.07, 6.45) is 5.94. The first-order chi connectivity index (χ1) is 12.2. The number of rotatable bonds is 3. The van der Waals surface area contributed by atoms with Gasteiger partial charge in [-0.3, -0.25) is 4.79 Å². The molecule has 5 heteroatoms. The Morgan fingerprint density at radius 2 is 2.04 bits per heavy atom. The number of carbonyl (C=O) groups excluding carboxylic acids is 1. The number of likely N-dealkylation sites (tertiary alicyclic amines) is 2. The van der Waals surface area contributed by atoms with Crippen molar-refractivity contribution < 1.29 is 9.69 Å². The van der Waals surface area contributed by atoms with Crippen molar-refractivity contribution >= 4 is 27.5 Å². The molecule has 2 atom stereocenters. The Labute approximate surface area is 153 Å². The van der Waals surface area contributed by atoms with Crippen molar-refractivity contribution in [1.29, 1.82) is 0 Å². The summed E-state index contributed by atoms with van der Waals surface area (Å²) >= 11 is 1.81. The largest absolute Gasteiger partial charge is 0.338 e. The van der Waals surface area contributed by atoms with Crippen molar-refractivity contribution in [2.75, 3.05) is 26.2 Å². The summed E-state index contributed by atoms with van der Waals surface area (Å²) in [6, 6.07) is 8.77. The fraction of sp³-hybridized carbons (Fsp3) is 0.600. The quantitative estimate of drug-likeness (QED) is 0.916. The topological polar surface area (TPSA) is 37.6 Å². The zero-order chi connectivity index (χ0) is 17.2. The van der Waals surface area contributed by atoms with Gasteiger partial charge in [0.15, 0.2) is 11.6 Å². The van der Waals surface area contributed by atoms with Crippen LogP contribution in [0.4, 0.5) is 0 Å². The zero-order valence-corrected chi connectivity index (χ0v) is 15.9. The van der Waals surface area contributed by atoms with Crippen molar-refractivity contribution in [3.63, 3.8) is 0 Å². The van der Waals surface area contributed by atoms with E-state index in [4.69, 9.17) is 4.98 Å². The number of fused-ring (bicyclic) bond motifs is 1. The third-order valence-corrected chi connectivity index (χ3v) is 7.01. The lowest BCUT2D eigenvalue weighted by Gasteiger charge is -2.34. The van der Waals surface area contributed by atoms with Gasteiger partial charge < -0.3 is 9.80 Å². The van der Waals surface area contributed by atoms with Crippen LogP contribution in [-0.2, 0) is 4.79 Å². The summed E-state index contributed by atoms with van der Waals surface area (Å²) in [6.45, 7) is 5.91. The average Bonchev–Trinajstić information content (AvgIpc) is 3.06. The number of thiazole rings is 1. The van der Waals surface area contributed by atoms with Gasteiger partial charge in [-0.15, -0.1) is 11.3 Å². The van der Waals surface area contributed by atoms with Crippen LogP contribution >= 0.6 is 11.3 Å². The maximum Gasteiger partial charge on any atom is 0.277 e. The molecule has 3 heterocycles. The minimum Gasteiger partial charge on any atom is -0.338 e. The van der Waals surface area contributed by atoms with Crippen LogP contribution in [0.1, 0.15) is 50.1 Å². The van der Waals surface area contributed by atoms with Gasteiger partial charge in [-0.2, -0.15) is 0 Å². The van der Waals surface area contributed by atoms with E-state index in [1.807, 2.05) is 11.3 Å². The average molecular weight is 359 g/mol. The van der Waals surface area contributed by atoms with Gasteiger partial charge in [0.1, 0.15) is 6.04 Å². The van der Waals surface area contributed by atoms with E-state index >= 15 is 0 Å². The number of hydrogen-bond acceptors (Lipinski definition) is 3. The van der Waals surface area contributed by atoms with Crippen LogP contribution in [0.25, 0.3) is 10.2 Å². The third kappa shape index (κ3) is 3.72. The summed E-state index contributed by atoms with van der Waals surface area (Å²) in [5.74, 6) is 1.11. The zero-order valence-electron chi connectivity index (χ0n) is 15.0. The number of quaternary nitrogens is 1. The molecule has 4 rings (SSSR count). The lowest BCUT2D eigenvalue weighted by molar-refractivity contribution is -0.929. The second-order valence-electron chi connectivity index (χ2n) is 7.72. The summed E-state index contributed by atoms with van der Waals surface area (Å²) in [5.41, 5.74) is 1.10. The van der Waals surface area contributed by atoms with Gasteiger partial charge >= 0.3 is 0 Å². The van der Waals surface area contributed by atoms with Crippen molar-refractivity contribution in [2.45, 2.75) is 45.1 Å². The molecule has 134 valence electrons. The number of amides is 1. The Hall–Kier alpha value is -1.46. The van der Waals surface area contributed by atoms with Gasteiger partial charge in [0.2, 0.25) is 0 Å². The number of hydrogen-bond donors (Lipinski definition) is 1. The molecule has 2 aliphatic rings. The number of para-hydroxylation sites is 1. The second kappa shape index (κ2) is 7.42. The third-order valence-electron chi connectivity index (χ3n) is 5.86. The minimum atomic E-state index is 0.343. The molecule has 2 saturated heterocycles. The van der Waals surface area contributed by atoms with Crippen LogP contribution in [0.2, 0.25) is 0 Å². The highest BCUT2D eigenvalue weighted by Crippen LogP contribution is 2.28. The fourth-order valence-corrected chi connectivity index (χ4v) is 5.35. The number of piperidine rings is 2. The summed E-state index contributed by atoms with van der Waals surface area (Å²) in [4.78, 5) is 21.2. The molecule has 1 N–H and O–H groups in total. The molecule has 1 aromatic carbocycles. The van der Waals surface area contributed by atoms with Crippen LogP contribution < -0.4 is 4.90 Å². The number of benzene rings is 1. The SMILES string of the molecule is CC1CCN(C(=O)C[NH+]2CCCC[C@H]2c2nc3ccccc3s2)CC1. The van der Waals surface area contributed by atoms with E-state index in [1.165, 1.54) is 27.4 Å². The van der Waals surface area contributed by atoms with Crippen LogP contribution in [0.3, 0.4) is 0 Å². The molecule has 2 aromatic rings. The normalized spacial score (nSPS) is 25.4. The van der Waals surface area contributed by atoms with Crippen LogP contribution in [0.15, 0.2) is 24.3 Å². The minimum absolute atomic E-state index is 0.343.